The van der Waals surface area contributed by atoms with Gasteiger partial charge < -0.3 is 10.2 Å². The smallest absolute Gasteiger partial charge is 0.0596 e. The van der Waals surface area contributed by atoms with Gasteiger partial charge in [0, 0.05) is 26.1 Å². The van der Waals surface area contributed by atoms with Crippen LogP contribution >= 0.6 is 0 Å². The predicted octanol–water partition coefficient (Wildman–Crippen LogP) is 3.13. The van der Waals surface area contributed by atoms with Gasteiger partial charge >= 0.3 is 0 Å². The molecule has 0 aromatic heterocycles. The molecule has 0 heterocycles. The molecule has 0 radical (unpaired) electrons. The molecule has 1 saturated carbocycles. The van der Waals surface area contributed by atoms with Crippen LogP contribution in [0.5, 0.6) is 0 Å². The van der Waals surface area contributed by atoms with Crippen LogP contribution in [-0.4, -0.2) is 20.1 Å². The molecule has 1 fully saturated rings. The van der Waals surface area contributed by atoms with Crippen LogP contribution in [0.2, 0.25) is 0 Å². The van der Waals surface area contributed by atoms with E-state index < -0.39 is 0 Å². The summed E-state index contributed by atoms with van der Waals surface area (Å²) in [4.78, 5) is 2.17. The van der Waals surface area contributed by atoms with Crippen molar-refractivity contribution >= 4 is 11.4 Å². The summed E-state index contributed by atoms with van der Waals surface area (Å²) in [7, 11) is 4.19. The van der Waals surface area contributed by atoms with E-state index in [1.54, 1.807) is 0 Å². The van der Waals surface area contributed by atoms with E-state index in [9.17, 15) is 0 Å². The minimum atomic E-state index is 0.639. The van der Waals surface area contributed by atoms with Gasteiger partial charge in [0.1, 0.15) is 0 Å². The maximum Gasteiger partial charge on any atom is 0.0596 e. The van der Waals surface area contributed by atoms with Crippen molar-refractivity contribution in [2.75, 3.05) is 24.3 Å². The summed E-state index contributed by atoms with van der Waals surface area (Å²) >= 11 is 0. The molecule has 2 aliphatic rings. The van der Waals surface area contributed by atoms with Crippen LogP contribution in [0.1, 0.15) is 12.8 Å². The second-order valence-corrected chi connectivity index (χ2v) is 5.40. The molecule has 17 heavy (non-hydrogen) atoms. The van der Waals surface area contributed by atoms with E-state index in [1.165, 1.54) is 24.2 Å². The fourth-order valence-corrected chi connectivity index (χ4v) is 3.07. The van der Waals surface area contributed by atoms with Crippen molar-refractivity contribution in [2.45, 2.75) is 18.9 Å². The van der Waals surface area contributed by atoms with Gasteiger partial charge in [-0.2, -0.15) is 0 Å². The number of rotatable bonds is 3. The number of allylic oxidation sites excluding steroid dienone is 1. The zero-order valence-electron chi connectivity index (χ0n) is 10.6. The van der Waals surface area contributed by atoms with E-state index in [0.717, 1.165) is 11.8 Å². The van der Waals surface area contributed by atoms with Gasteiger partial charge in [-0.1, -0.05) is 24.3 Å². The lowest BCUT2D eigenvalue weighted by Crippen LogP contribution is -2.43. The summed E-state index contributed by atoms with van der Waals surface area (Å²) in [5, 5.41) is 3.71. The van der Waals surface area contributed by atoms with E-state index in [4.69, 9.17) is 0 Å². The maximum absolute atomic E-state index is 3.71. The standard InChI is InChI=1S/C15H20N2/c1-17(2)15-9-4-3-8-13(15)16-14-10-11-6-5-7-12(11)14/h3-5,7-9,11-12,14,16H,6,10H2,1-2H3. The normalized spacial score (nSPS) is 29.6. The molecule has 3 atom stereocenters. The number of nitrogens with one attached hydrogen (secondary N) is 1. The second-order valence-electron chi connectivity index (χ2n) is 5.40. The van der Waals surface area contributed by atoms with E-state index >= 15 is 0 Å². The van der Waals surface area contributed by atoms with Crippen molar-refractivity contribution < 1.29 is 0 Å². The zero-order chi connectivity index (χ0) is 11.8. The summed E-state index contributed by atoms with van der Waals surface area (Å²) in [6.45, 7) is 0. The van der Waals surface area contributed by atoms with Crippen LogP contribution < -0.4 is 10.2 Å². The topological polar surface area (TPSA) is 15.3 Å². The van der Waals surface area contributed by atoms with Crippen LogP contribution in [0.3, 0.4) is 0 Å². The molecule has 0 bridgehead atoms. The molecule has 0 spiro atoms. The Labute approximate surface area is 103 Å². The molecule has 2 aliphatic carbocycles. The minimum absolute atomic E-state index is 0.639. The molecular weight excluding hydrogens is 208 g/mol. The lowest BCUT2D eigenvalue weighted by Gasteiger charge is -2.41. The van der Waals surface area contributed by atoms with Crippen LogP contribution in [-0.2, 0) is 0 Å². The first-order chi connectivity index (χ1) is 8.25. The third kappa shape index (κ3) is 1.82. The van der Waals surface area contributed by atoms with Crippen molar-refractivity contribution in [1.82, 2.24) is 0 Å². The van der Waals surface area contributed by atoms with Crippen molar-refractivity contribution in [2.24, 2.45) is 11.8 Å². The average Bonchev–Trinajstić information content (AvgIpc) is 2.68. The highest BCUT2D eigenvalue weighted by molar-refractivity contribution is 5.70. The molecule has 1 aromatic carbocycles. The Balaban J connectivity index is 1.75. The molecule has 1 N–H and O–H groups in total. The summed E-state index contributed by atoms with van der Waals surface area (Å²) in [5.74, 6) is 1.68. The highest BCUT2D eigenvalue weighted by Crippen LogP contribution is 2.44. The Kier molecular flexibility index (Phi) is 2.58. The molecule has 0 aliphatic heterocycles. The molecule has 2 heteroatoms. The molecule has 90 valence electrons. The number of para-hydroxylation sites is 2. The fraction of sp³-hybridized carbons (Fsp3) is 0.467. The molecule has 2 nitrogen and oxygen atoms in total. The van der Waals surface area contributed by atoms with Crippen molar-refractivity contribution in [3.8, 4) is 0 Å². The molecular formula is C15H20N2. The van der Waals surface area contributed by atoms with Crippen molar-refractivity contribution in [3.63, 3.8) is 0 Å². The zero-order valence-corrected chi connectivity index (χ0v) is 10.6. The lowest BCUT2D eigenvalue weighted by atomic mass is 9.71. The predicted molar refractivity (Wildman–Crippen MR) is 73.5 cm³/mol. The van der Waals surface area contributed by atoms with E-state index in [0.29, 0.717) is 6.04 Å². The SMILES string of the molecule is CN(C)c1ccccc1NC1CC2CC=CC21. The van der Waals surface area contributed by atoms with Gasteiger partial charge in [0.25, 0.3) is 0 Å². The van der Waals surface area contributed by atoms with Gasteiger partial charge in [-0.25, -0.2) is 0 Å². The molecule has 3 rings (SSSR count). The maximum atomic E-state index is 3.71. The summed E-state index contributed by atoms with van der Waals surface area (Å²) in [6.07, 6.45) is 7.34. The van der Waals surface area contributed by atoms with Gasteiger partial charge in [0.05, 0.1) is 11.4 Å². The Morgan fingerprint density at radius 3 is 2.82 bits per heavy atom. The first-order valence-corrected chi connectivity index (χ1v) is 6.45. The first kappa shape index (κ1) is 10.7. The Morgan fingerprint density at radius 1 is 1.24 bits per heavy atom. The highest BCUT2D eigenvalue weighted by atomic mass is 15.1. The van der Waals surface area contributed by atoms with Crippen molar-refractivity contribution in [3.05, 3.63) is 36.4 Å². The second kappa shape index (κ2) is 4.10. The van der Waals surface area contributed by atoms with Gasteiger partial charge in [-0.3, -0.25) is 0 Å². The molecule has 0 amide bonds. The third-order valence-corrected chi connectivity index (χ3v) is 4.09. The van der Waals surface area contributed by atoms with Gasteiger partial charge in [0.2, 0.25) is 0 Å². The number of hydrogen-bond donors (Lipinski definition) is 1. The van der Waals surface area contributed by atoms with Crippen LogP contribution in [0.4, 0.5) is 11.4 Å². The lowest BCUT2D eigenvalue weighted by molar-refractivity contribution is 0.218. The van der Waals surface area contributed by atoms with Crippen molar-refractivity contribution in [1.29, 1.82) is 0 Å². The average molecular weight is 228 g/mol. The number of fused-ring (bicyclic) bond motifs is 1. The van der Waals surface area contributed by atoms with Gasteiger partial charge in [0.15, 0.2) is 0 Å². The molecule has 3 unspecified atom stereocenters. The Morgan fingerprint density at radius 2 is 2.06 bits per heavy atom. The Hall–Kier alpha value is -1.44. The van der Waals surface area contributed by atoms with E-state index in [2.05, 4.69) is 60.7 Å². The number of anilines is 2. The van der Waals surface area contributed by atoms with E-state index in [-0.39, 0.29) is 0 Å². The first-order valence-electron chi connectivity index (χ1n) is 6.45. The van der Waals surface area contributed by atoms with Crippen LogP contribution in [0, 0.1) is 11.8 Å². The van der Waals surface area contributed by atoms with E-state index in [1.807, 2.05) is 0 Å². The van der Waals surface area contributed by atoms with Crippen LogP contribution in [0.25, 0.3) is 0 Å². The van der Waals surface area contributed by atoms with Gasteiger partial charge in [-0.05, 0) is 30.9 Å². The number of benzene rings is 1. The Bertz CT molecular complexity index is 436. The monoisotopic (exact) mass is 228 g/mol. The summed E-state index contributed by atoms with van der Waals surface area (Å²) < 4.78 is 0. The highest BCUT2D eigenvalue weighted by Gasteiger charge is 2.41. The summed E-state index contributed by atoms with van der Waals surface area (Å²) in [6, 6.07) is 9.19. The minimum Gasteiger partial charge on any atom is -0.380 e. The summed E-state index contributed by atoms with van der Waals surface area (Å²) in [5.41, 5.74) is 2.54. The largest absolute Gasteiger partial charge is 0.380 e. The number of nitrogens with zero attached hydrogens (tertiary/aromatic N) is 1. The third-order valence-electron chi connectivity index (χ3n) is 4.09. The van der Waals surface area contributed by atoms with Gasteiger partial charge in [-0.15, -0.1) is 0 Å². The molecule has 0 saturated heterocycles. The number of hydrogen-bond acceptors (Lipinski definition) is 2. The quantitative estimate of drug-likeness (QED) is 0.800. The van der Waals surface area contributed by atoms with Crippen LogP contribution in [0.15, 0.2) is 36.4 Å². The molecule has 1 aromatic rings. The fourth-order valence-electron chi connectivity index (χ4n) is 3.07.